The Balaban J connectivity index is 2.11. The summed E-state index contributed by atoms with van der Waals surface area (Å²) < 4.78 is 0. The quantitative estimate of drug-likeness (QED) is 0.652. The first-order valence-corrected chi connectivity index (χ1v) is 4.63. The van der Waals surface area contributed by atoms with Crippen LogP contribution in [-0.4, -0.2) is 42.4 Å². The number of nitrogens with zero attached hydrogens (tertiary/aromatic N) is 3. The van der Waals surface area contributed by atoms with Gasteiger partial charge in [-0.1, -0.05) is 0 Å². The molecular formula is C9H12N4O. The van der Waals surface area contributed by atoms with Crippen LogP contribution in [-0.2, 0) is 0 Å². The molecule has 1 N–H and O–H groups in total. The number of anilines is 1. The highest BCUT2D eigenvalue weighted by atomic mass is 16.1. The van der Waals surface area contributed by atoms with E-state index in [-0.39, 0.29) is 5.82 Å². The van der Waals surface area contributed by atoms with Crippen molar-refractivity contribution in [2.45, 2.75) is 0 Å². The Morgan fingerprint density at radius 1 is 1.29 bits per heavy atom. The lowest BCUT2D eigenvalue weighted by atomic mass is 10.3. The van der Waals surface area contributed by atoms with Crippen molar-refractivity contribution >= 4 is 12.0 Å². The molecule has 0 spiro atoms. The Kier molecular flexibility index (Phi) is 2.69. The highest BCUT2D eigenvalue weighted by Gasteiger charge is 2.10. The van der Waals surface area contributed by atoms with Gasteiger partial charge >= 0.3 is 0 Å². The summed E-state index contributed by atoms with van der Waals surface area (Å²) in [4.78, 5) is 20.4. The van der Waals surface area contributed by atoms with Crippen LogP contribution in [0.4, 0.5) is 5.69 Å². The minimum Gasteiger partial charge on any atom is -0.366 e. The Bertz CT molecular complexity index is 305. The van der Waals surface area contributed by atoms with Crippen LogP contribution in [0.25, 0.3) is 0 Å². The molecule has 1 aliphatic rings. The maximum atomic E-state index is 10.3. The molecule has 0 radical (unpaired) electrons. The molecular weight excluding hydrogens is 180 g/mol. The molecule has 0 saturated carbocycles. The molecule has 0 atom stereocenters. The van der Waals surface area contributed by atoms with E-state index in [4.69, 9.17) is 0 Å². The van der Waals surface area contributed by atoms with E-state index < -0.39 is 0 Å². The third kappa shape index (κ3) is 1.88. The smallest absolute Gasteiger partial charge is 0.192 e. The van der Waals surface area contributed by atoms with Crippen LogP contribution in [0, 0.1) is 0 Å². The highest BCUT2D eigenvalue weighted by Crippen LogP contribution is 2.10. The van der Waals surface area contributed by atoms with E-state index in [9.17, 15) is 4.79 Å². The van der Waals surface area contributed by atoms with Gasteiger partial charge in [0.05, 0.1) is 18.1 Å². The van der Waals surface area contributed by atoms with E-state index in [2.05, 4.69) is 20.2 Å². The fourth-order valence-electron chi connectivity index (χ4n) is 1.48. The lowest BCUT2D eigenvalue weighted by Crippen LogP contribution is -2.43. The summed E-state index contributed by atoms with van der Waals surface area (Å²) >= 11 is 0. The third-order valence-electron chi connectivity index (χ3n) is 2.25. The Hall–Kier alpha value is -1.49. The molecule has 0 aromatic carbocycles. The van der Waals surface area contributed by atoms with E-state index in [1.807, 2.05) is 0 Å². The van der Waals surface area contributed by atoms with Gasteiger partial charge in [0.25, 0.3) is 0 Å². The Morgan fingerprint density at radius 2 is 1.93 bits per heavy atom. The monoisotopic (exact) mass is 192 g/mol. The molecule has 0 aliphatic carbocycles. The van der Waals surface area contributed by atoms with Crippen LogP contribution in [0.1, 0.15) is 10.6 Å². The lowest BCUT2D eigenvalue weighted by molar-refractivity contribution is 0.111. The van der Waals surface area contributed by atoms with E-state index in [1.165, 1.54) is 0 Å². The molecule has 74 valence electrons. The first-order chi connectivity index (χ1) is 6.90. The maximum absolute atomic E-state index is 10.3. The number of nitrogens with one attached hydrogen (secondary N) is 1. The van der Waals surface area contributed by atoms with Crippen molar-refractivity contribution in [3.63, 3.8) is 0 Å². The summed E-state index contributed by atoms with van der Waals surface area (Å²) in [5.74, 6) is 0.240. The molecule has 1 saturated heterocycles. The topological polar surface area (TPSA) is 58.1 Å². The van der Waals surface area contributed by atoms with Crippen LogP contribution in [0.3, 0.4) is 0 Å². The second kappa shape index (κ2) is 4.15. The molecule has 2 heterocycles. The number of aldehydes is 1. The van der Waals surface area contributed by atoms with E-state index in [0.717, 1.165) is 31.9 Å². The van der Waals surface area contributed by atoms with Gasteiger partial charge in [0.1, 0.15) is 0 Å². The van der Waals surface area contributed by atoms with Crippen LogP contribution < -0.4 is 10.2 Å². The molecule has 1 aliphatic heterocycles. The van der Waals surface area contributed by atoms with Gasteiger partial charge in [0, 0.05) is 26.2 Å². The average Bonchev–Trinajstić information content (AvgIpc) is 2.30. The van der Waals surface area contributed by atoms with Crippen molar-refractivity contribution in [3.8, 4) is 0 Å². The molecule has 5 heteroatoms. The second-order valence-electron chi connectivity index (χ2n) is 3.15. The van der Waals surface area contributed by atoms with Crippen LogP contribution in [0.2, 0.25) is 0 Å². The number of hydrogen-bond donors (Lipinski definition) is 1. The normalized spacial score (nSPS) is 16.7. The zero-order valence-electron chi connectivity index (χ0n) is 7.81. The molecule has 1 aromatic rings. The van der Waals surface area contributed by atoms with Crippen molar-refractivity contribution in [2.24, 2.45) is 0 Å². The lowest BCUT2D eigenvalue weighted by Gasteiger charge is -2.28. The maximum Gasteiger partial charge on any atom is 0.192 e. The van der Waals surface area contributed by atoms with Gasteiger partial charge in [-0.15, -0.1) is 0 Å². The summed E-state index contributed by atoms with van der Waals surface area (Å²) in [6.45, 7) is 3.89. The van der Waals surface area contributed by atoms with Gasteiger partial charge in [-0.2, -0.15) is 0 Å². The first-order valence-electron chi connectivity index (χ1n) is 4.63. The SMILES string of the molecule is O=Cc1ncc(N2CCNCC2)cn1. The molecule has 1 aromatic heterocycles. The van der Waals surface area contributed by atoms with Crippen molar-refractivity contribution in [1.29, 1.82) is 0 Å². The zero-order valence-corrected chi connectivity index (χ0v) is 7.81. The van der Waals surface area contributed by atoms with Gasteiger partial charge < -0.3 is 10.2 Å². The fourth-order valence-corrected chi connectivity index (χ4v) is 1.48. The molecule has 5 nitrogen and oxygen atoms in total. The van der Waals surface area contributed by atoms with Gasteiger partial charge in [-0.25, -0.2) is 9.97 Å². The van der Waals surface area contributed by atoms with Crippen molar-refractivity contribution in [3.05, 3.63) is 18.2 Å². The molecule has 0 bridgehead atoms. The zero-order chi connectivity index (χ0) is 9.80. The standard InChI is InChI=1S/C9H12N4O/c14-7-9-11-5-8(6-12-9)13-3-1-10-2-4-13/h5-7,10H,1-4H2. The van der Waals surface area contributed by atoms with Gasteiger partial charge in [-0.3, -0.25) is 4.79 Å². The number of hydrogen-bond acceptors (Lipinski definition) is 5. The average molecular weight is 192 g/mol. The minimum absolute atomic E-state index is 0.240. The third-order valence-corrected chi connectivity index (χ3v) is 2.25. The fraction of sp³-hybridized carbons (Fsp3) is 0.444. The molecule has 0 amide bonds. The number of aromatic nitrogens is 2. The summed E-state index contributed by atoms with van der Waals surface area (Å²) in [6.07, 6.45) is 4.05. The predicted octanol–water partition coefficient (Wildman–Crippen LogP) is -0.301. The van der Waals surface area contributed by atoms with Crippen LogP contribution >= 0.6 is 0 Å². The van der Waals surface area contributed by atoms with E-state index in [1.54, 1.807) is 12.4 Å². The summed E-state index contributed by atoms with van der Waals surface area (Å²) in [5, 5.41) is 3.27. The Morgan fingerprint density at radius 3 is 2.50 bits per heavy atom. The summed E-state index contributed by atoms with van der Waals surface area (Å²) in [5.41, 5.74) is 0.983. The number of rotatable bonds is 2. The van der Waals surface area contributed by atoms with Crippen molar-refractivity contribution < 1.29 is 4.79 Å². The first kappa shape index (κ1) is 9.08. The van der Waals surface area contributed by atoms with Crippen LogP contribution in [0.15, 0.2) is 12.4 Å². The predicted molar refractivity (Wildman–Crippen MR) is 52.5 cm³/mol. The summed E-state index contributed by atoms with van der Waals surface area (Å²) in [7, 11) is 0. The van der Waals surface area contributed by atoms with Gasteiger partial charge in [0.15, 0.2) is 12.1 Å². The molecule has 1 fully saturated rings. The molecule has 0 unspecified atom stereocenters. The highest BCUT2D eigenvalue weighted by molar-refractivity contribution is 5.68. The van der Waals surface area contributed by atoms with E-state index in [0.29, 0.717) is 6.29 Å². The van der Waals surface area contributed by atoms with Gasteiger partial charge in [-0.05, 0) is 0 Å². The Labute approximate surface area is 82.2 Å². The number of piperazine rings is 1. The molecule has 2 rings (SSSR count). The minimum atomic E-state index is 0.240. The second-order valence-corrected chi connectivity index (χ2v) is 3.15. The van der Waals surface area contributed by atoms with Crippen LogP contribution in [0.5, 0.6) is 0 Å². The number of carbonyl (C=O) groups is 1. The van der Waals surface area contributed by atoms with Gasteiger partial charge in [0.2, 0.25) is 0 Å². The summed E-state index contributed by atoms with van der Waals surface area (Å²) in [6, 6.07) is 0. The van der Waals surface area contributed by atoms with Crippen molar-refractivity contribution in [2.75, 3.05) is 31.1 Å². The van der Waals surface area contributed by atoms with E-state index >= 15 is 0 Å². The van der Waals surface area contributed by atoms with Crippen molar-refractivity contribution in [1.82, 2.24) is 15.3 Å². The largest absolute Gasteiger partial charge is 0.366 e. The molecule has 14 heavy (non-hydrogen) atoms. The number of carbonyl (C=O) groups excluding carboxylic acids is 1.